The molecule has 23 heavy (non-hydrogen) atoms. The summed E-state index contributed by atoms with van der Waals surface area (Å²) in [4.78, 5) is 14.7. The van der Waals surface area contributed by atoms with Gasteiger partial charge in [0.25, 0.3) is 5.91 Å². The molecule has 2 aromatic rings. The van der Waals surface area contributed by atoms with E-state index in [9.17, 15) is 4.79 Å². The maximum atomic E-state index is 12.8. The number of carbonyl (C=O) groups excluding carboxylic acids is 1. The van der Waals surface area contributed by atoms with E-state index in [-0.39, 0.29) is 18.1 Å². The predicted octanol–water partition coefficient (Wildman–Crippen LogP) is 2.74. The molecule has 0 N–H and O–H groups in total. The maximum absolute atomic E-state index is 12.8. The lowest BCUT2D eigenvalue weighted by molar-refractivity contribution is -0.0586. The molecule has 0 spiro atoms. The van der Waals surface area contributed by atoms with Gasteiger partial charge in [0, 0.05) is 13.1 Å². The standard InChI is InChI=1S/C18H23N3O2/c1-12-5-7-16(8-6-12)21-15(4)17(9-19-21)18(22)20-10-13(2)23-14(3)11-20/h5-9,13-14H,10-11H2,1-4H3/t13-,14-/m0/s1. The molecule has 0 saturated carbocycles. The second kappa shape index (κ2) is 6.16. The third-order valence-corrected chi connectivity index (χ3v) is 4.23. The molecule has 122 valence electrons. The highest BCUT2D eigenvalue weighted by Gasteiger charge is 2.28. The van der Waals surface area contributed by atoms with E-state index in [1.54, 1.807) is 6.20 Å². The minimum Gasteiger partial charge on any atom is -0.372 e. The van der Waals surface area contributed by atoms with Crippen molar-refractivity contribution < 1.29 is 9.53 Å². The van der Waals surface area contributed by atoms with Gasteiger partial charge in [-0.1, -0.05) is 17.7 Å². The summed E-state index contributed by atoms with van der Waals surface area (Å²) in [6, 6.07) is 8.12. The number of aromatic nitrogens is 2. The van der Waals surface area contributed by atoms with Crippen LogP contribution in [0.25, 0.3) is 5.69 Å². The molecule has 0 radical (unpaired) electrons. The number of aryl methyl sites for hydroxylation is 1. The van der Waals surface area contributed by atoms with E-state index >= 15 is 0 Å². The van der Waals surface area contributed by atoms with Crippen LogP contribution in [-0.4, -0.2) is 45.9 Å². The lowest BCUT2D eigenvalue weighted by Crippen LogP contribution is -2.48. The Morgan fingerprint density at radius 1 is 1.13 bits per heavy atom. The number of benzene rings is 1. The summed E-state index contributed by atoms with van der Waals surface area (Å²) in [6.45, 7) is 9.23. The Labute approximate surface area is 136 Å². The van der Waals surface area contributed by atoms with Crippen LogP contribution in [0.4, 0.5) is 0 Å². The van der Waals surface area contributed by atoms with Crippen LogP contribution < -0.4 is 0 Å². The van der Waals surface area contributed by atoms with E-state index in [4.69, 9.17) is 4.74 Å². The summed E-state index contributed by atoms with van der Waals surface area (Å²) in [5.74, 6) is 0.0304. The Balaban J connectivity index is 1.86. The zero-order valence-electron chi connectivity index (χ0n) is 14.1. The summed E-state index contributed by atoms with van der Waals surface area (Å²) >= 11 is 0. The molecule has 2 atom stereocenters. The number of rotatable bonds is 2. The number of carbonyl (C=O) groups is 1. The Morgan fingerprint density at radius 3 is 2.35 bits per heavy atom. The van der Waals surface area contributed by atoms with Gasteiger partial charge in [-0.25, -0.2) is 4.68 Å². The second-order valence-electron chi connectivity index (χ2n) is 6.36. The van der Waals surface area contributed by atoms with Gasteiger partial charge in [-0.05, 0) is 39.8 Å². The van der Waals surface area contributed by atoms with Gasteiger partial charge in [0.05, 0.1) is 35.3 Å². The van der Waals surface area contributed by atoms with Crippen LogP contribution in [0.2, 0.25) is 0 Å². The summed E-state index contributed by atoms with van der Waals surface area (Å²) in [5.41, 5.74) is 3.69. The highest BCUT2D eigenvalue weighted by atomic mass is 16.5. The summed E-state index contributed by atoms with van der Waals surface area (Å²) in [5, 5.41) is 4.41. The average molecular weight is 313 g/mol. The summed E-state index contributed by atoms with van der Waals surface area (Å²) in [7, 11) is 0. The molecule has 1 fully saturated rings. The molecule has 1 amide bonds. The van der Waals surface area contributed by atoms with Crippen molar-refractivity contribution in [3.05, 3.63) is 47.3 Å². The van der Waals surface area contributed by atoms with Crippen molar-refractivity contribution in [2.45, 2.75) is 39.9 Å². The second-order valence-corrected chi connectivity index (χ2v) is 6.36. The zero-order valence-corrected chi connectivity index (χ0v) is 14.1. The monoisotopic (exact) mass is 313 g/mol. The van der Waals surface area contributed by atoms with E-state index in [0.717, 1.165) is 11.4 Å². The van der Waals surface area contributed by atoms with Crippen molar-refractivity contribution in [3.8, 4) is 5.69 Å². The highest BCUT2D eigenvalue weighted by Crippen LogP contribution is 2.19. The van der Waals surface area contributed by atoms with Gasteiger partial charge in [-0.2, -0.15) is 5.10 Å². The van der Waals surface area contributed by atoms with Crippen LogP contribution in [0.5, 0.6) is 0 Å². The minimum absolute atomic E-state index is 0.0304. The molecule has 1 aliphatic rings. The van der Waals surface area contributed by atoms with E-state index < -0.39 is 0 Å². The number of hydrogen-bond donors (Lipinski definition) is 0. The van der Waals surface area contributed by atoms with Gasteiger partial charge < -0.3 is 9.64 Å². The molecule has 1 aromatic carbocycles. The number of morpholine rings is 1. The van der Waals surface area contributed by atoms with Crippen molar-refractivity contribution in [2.24, 2.45) is 0 Å². The molecule has 1 aliphatic heterocycles. The first-order chi connectivity index (χ1) is 11.0. The quantitative estimate of drug-likeness (QED) is 0.856. The van der Waals surface area contributed by atoms with Gasteiger partial charge >= 0.3 is 0 Å². The van der Waals surface area contributed by atoms with Gasteiger partial charge in [0.15, 0.2) is 0 Å². The number of amides is 1. The Morgan fingerprint density at radius 2 is 1.74 bits per heavy atom. The smallest absolute Gasteiger partial charge is 0.257 e. The third-order valence-electron chi connectivity index (χ3n) is 4.23. The molecule has 5 heteroatoms. The molecular formula is C18H23N3O2. The van der Waals surface area contributed by atoms with E-state index in [0.29, 0.717) is 18.7 Å². The molecule has 0 bridgehead atoms. The number of ether oxygens (including phenoxy) is 1. The van der Waals surface area contributed by atoms with Crippen molar-refractivity contribution in [2.75, 3.05) is 13.1 Å². The minimum atomic E-state index is 0.0304. The first-order valence-corrected chi connectivity index (χ1v) is 8.02. The van der Waals surface area contributed by atoms with Crippen molar-refractivity contribution in [1.29, 1.82) is 0 Å². The highest BCUT2D eigenvalue weighted by molar-refractivity contribution is 5.95. The first kappa shape index (κ1) is 15.7. The van der Waals surface area contributed by atoms with E-state index in [2.05, 4.69) is 12.0 Å². The largest absolute Gasteiger partial charge is 0.372 e. The normalized spacial score (nSPS) is 21.5. The zero-order chi connectivity index (χ0) is 16.6. The van der Waals surface area contributed by atoms with Gasteiger partial charge in [-0.3, -0.25) is 4.79 Å². The van der Waals surface area contributed by atoms with Gasteiger partial charge in [0.1, 0.15) is 0 Å². The van der Waals surface area contributed by atoms with E-state index in [1.807, 2.05) is 54.6 Å². The Hall–Kier alpha value is -2.14. The Kier molecular flexibility index (Phi) is 4.22. The fraction of sp³-hybridized carbons (Fsp3) is 0.444. The van der Waals surface area contributed by atoms with Crippen LogP contribution >= 0.6 is 0 Å². The lowest BCUT2D eigenvalue weighted by atomic mass is 10.1. The fourth-order valence-corrected chi connectivity index (χ4v) is 3.08. The molecule has 0 unspecified atom stereocenters. The van der Waals surface area contributed by atoms with Crippen LogP contribution in [0.15, 0.2) is 30.5 Å². The van der Waals surface area contributed by atoms with Gasteiger partial charge in [-0.15, -0.1) is 0 Å². The predicted molar refractivity (Wildman–Crippen MR) is 89.0 cm³/mol. The fourth-order valence-electron chi connectivity index (χ4n) is 3.08. The lowest BCUT2D eigenvalue weighted by Gasteiger charge is -2.35. The number of hydrogen-bond acceptors (Lipinski definition) is 3. The number of nitrogens with zero attached hydrogens (tertiary/aromatic N) is 3. The van der Waals surface area contributed by atoms with Crippen molar-refractivity contribution >= 4 is 5.91 Å². The van der Waals surface area contributed by atoms with Crippen LogP contribution in [0.3, 0.4) is 0 Å². The third kappa shape index (κ3) is 3.15. The molecule has 3 rings (SSSR count). The molecular weight excluding hydrogens is 290 g/mol. The van der Waals surface area contributed by atoms with Gasteiger partial charge in [0.2, 0.25) is 0 Å². The van der Waals surface area contributed by atoms with Crippen LogP contribution in [0.1, 0.15) is 35.5 Å². The van der Waals surface area contributed by atoms with E-state index in [1.165, 1.54) is 5.56 Å². The molecule has 1 aromatic heterocycles. The average Bonchev–Trinajstić information content (AvgIpc) is 2.88. The SMILES string of the molecule is Cc1ccc(-n2ncc(C(=O)N3C[C@H](C)O[C@@H](C)C3)c2C)cc1. The summed E-state index contributed by atoms with van der Waals surface area (Å²) < 4.78 is 7.52. The topological polar surface area (TPSA) is 47.4 Å². The molecule has 1 saturated heterocycles. The molecule has 5 nitrogen and oxygen atoms in total. The molecule has 0 aliphatic carbocycles. The first-order valence-electron chi connectivity index (χ1n) is 8.02. The van der Waals surface area contributed by atoms with Crippen molar-refractivity contribution in [3.63, 3.8) is 0 Å². The Bertz CT molecular complexity index is 696. The maximum Gasteiger partial charge on any atom is 0.257 e. The molecule has 2 heterocycles. The van der Waals surface area contributed by atoms with Crippen molar-refractivity contribution in [1.82, 2.24) is 14.7 Å². The van der Waals surface area contributed by atoms with Crippen LogP contribution in [-0.2, 0) is 4.74 Å². The summed E-state index contributed by atoms with van der Waals surface area (Å²) in [6.07, 6.45) is 1.80. The van der Waals surface area contributed by atoms with Crippen LogP contribution in [0, 0.1) is 13.8 Å².